The number of fused-ring (bicyclic) bond motifs is 3. The van der Waals surface area contributed by atoms with Crippen LogP contribution in [0.4, 0.5) is 0 Å². The summed E-state index contributed by atoms with van der Waals surface area (Å²) >= 11 is 0. The number of pyridine rings is 1. The number of nitrogens with zero attached hydrogens (tertiary/aromatic N) is 4. The molecule has 0 fully saturated rings. The van der Waals surface area contributed by atoms with Gasteiger partial charge in [-0.2, -0.15) is 0 Å². The van der Waals surface area contributed by atoms with Crippen molar-refractivity contribution in [2.24, 2.45) is 0 Å². The molecule has 8 aromatic rings. The smallest absolute Gasteiger partial charge is 0.164 e. The maximum atomic E-state index is 5.04. The molecule has 42 heavy (non-hydrogen) atoms. The number of aromatic nitrogens is 4. The summed E-state index contributed by atoms with van der Waals surface area (Å²) in [6.07, 6.45) is 1.83. The molecule has 0 aliphatic carbocycles. The Balaban J connectivity index is 1.28. The first kappa shape index (κ1) is 24.1. The molecule has 0 saturated carbocycles. The molecule has 0 atom stereocenters. The van der Waals surface area contributed by atoms with Crippen molar-refractivity contribution >= 4 is 32.4 Å². The fraction of sp³-hybridized carbons (Fsp3) is 0. The van der Waals surface area contributed by atoms with Crippen LogP contribution in [0.25, 0.3) is 77.7 Å². The van der Waals surface area contributed by atoms with Gasteiger partial charge in [-0.05, 0) is 63.0 Å². The van der Waals surface area contributed by atoms with E-state index >= 15 is 0 Å². The molecular formula is C38H24N4. The van der Waals surface area contributed by atoms with E-state index in [1.54, 1.807) is 0 Å². The van der Waals surface area contributed by atoms with Crippen LogP contribution in [-0.4, -0.2) is 19.9 Å². The Morgan fingerprint density at radius 1 is 0.357 bits per heavy atom. The van der Waals surface area contributed by atoms with Gasteiger partial charge in [0.15, 0.2) is 17.5 Å². The van der Waals surface area contributed by atoms with Crippen molar-refractivity contribution in [1.29, 1.82) is 0 Å². The molecule has 0 bridgehead atoms. The van der Waals surface area contributed by atoms with Crippen LogP contribution in [0, 0.1) is 0 Å². The van der Waals surface area contributed by atoms with Gasteiger partial charge in [0, 0.05) is 28.3 Å². The molecule has 0 aliphatic heterocycles. The molecule has 0 radical (unpaired) electrons. The Morgan fingerprint density at radius 3 is 1.88 bits per heavy atom. The van der Waals surface area contributed by atoms with Gasteiger partial charge >= 0.3 is 0 Å². The molecule has 196 valence electrons. The van der Waals surface area contributed by atoms with E-state index in [2.05, 4.69) is 108 Å². The van der Waals surface area contributed by atoms with Gasteiger partial charge in [0.25, 0.3) is 0 Å². The lowest BCUT2D eigenvalue weighted by molar-refractivity contribution is 1.08. The summed E-state index contributed by atoms with van der Waals surface area (Å²) in [4.78, 5) is 19.4. The predicted octanol–water partition coefficient (Wildman–Crippen LogP) is 9.39. The van der Waals surface area contributed by atoms with E-state index < -0.39 is 0 Å². The molecule has 0 N–H and O–H groups in total. The highest BCUT2D eigenvalue weighted by molar-refractivity contribution is 5.96. The van der Waals surface area contributed by atoms with Crippen molar-refractivity contribution in [3.05, 3.63) is 146 Å². The van der Waals surface area contributed by atoms with Crippen LogP contribution in [0.5, 0.6) is 0 Å². The number of benzene rings is 6. The molecule has 0 spiro atoms. The third-order valence-corrected chi connectivity index (χ3v) is 7.73. The summed E-state index contributed by atoms with van der Waals surface area (Å²) in [6, 6.07) is 48.2. The summed E-state index contributed by atoms with van der Waals surface area (Å²) in [6.45, 7) is 0. The van der Waals surface area contributed by atoms with Crippen LogP contribution in [0.2, 0.25) is 0 Å². The van der Waals surface area contributed by atoms with Crippen molar-refractivity contribution in [2.45, 2.75) is 0 Å². The van der Waals surface area contributed by atoms with Crippen molar-refractivity contribution in [3.63, 3.8) is 0 Å². The third kappa shape index (κ3) is 4.36. The fourth-order valence-corrected chi connectivity index (χ4v) is 5.58. The Hall–Kier alpha value is -5.74. The van der Waals surface area contributed by atoms with E-state index in [9.17, 15) is 0 Å². The Labute approximate surface area is 243 Å². The van der Waals surface area contributed by atoms with E-state index in [-0.39, 0.29) is 0 Å². The van der Waals surface area contributed by atoms with E-state index in [0.29, 0.717) is 17.5 Å². The van der Waals surface area contributed by atoms with Gasteiger partial charge in [-0.15, -0.1) is 0 Å². The predicted molar refractivity (Wildman–Crippen MR) is 172 cm³/mol. The monoisotopic (exact) mass is 536 g/mol. The Bertz CT molecular complexity index is 2250. The summed E-state index contributed by atoms with van der Waals surface area (Å²) < 4.78 is 0. The molecule has 8 rings (SSSR count). The zero-order valence-electron chi connectivity index (χ0n) is 22.6. The van der Waals surface area contributed by atoms with Gasteiger partial charge in [-0.3, -0.25) is 4.98 Å². The summed E-state index contributed by atoms with van der Waals surface area (Å²) in [5, 5.41) is 5.69. The van der Waals surface area contributed by atoms with Crippen molar-refractivity contribution < 1.29 is 0 Å². The van der Waals surface area contributed by atoms with Crippen LogP contribution < -0.4 is 0 Å². The molecule has 0 unspecified atom stereocenters. The standard InChI is InChI=1S/C38H24N4/c1-2-9-27(10-3-1)36-40-37(42-38(41-36)34-14-6-11-26-8-4-5-13-33(26)34)31-18-16-25-15-17-28(23-32(25)24-31)29-19-20-35-30(22-29)12-7-21-39-35/h1-24H. The molecule has 0 amide bonds. The first-order valence-corrected chi connectivity index (χ1v) is 14.0. The summed E-state index contributed by atoms with van der Waals surface area (Å²) in [5.74, 6) is 1.97. The zero-order valence-corrected chi connectivity index (χ0v) is 22.6. The average molecular weight is 537 g/mol. The van der Waals surface area contributed by atoms with Crippen LogP contribution in [0.1, 0.15) is 0 Å². The molecule has 2 aromatic heterocycles. The second-order valence-corrected chi connectivity index (χ2v) is 10.4. The quantitative estimate of drug-likeness (QED) is 0.225. The highest BCUT2D eigenvalue weighted by atomic mass is 15.0. The lowest BCUT2D eigenvalue weighted by Crippen LogP contribution is -2.00. The van der Waals surface area contributed by atoms with E-state index in [4.69, 9.17) is 15.0 Å². The SMILES string of the molecule is c1ccc(-c2nc(-c3ccc4ccc(-c5ccc6ncccc6c5)cc4c3)nc(-c3cccc4ccccc34)n2)cc1. The summed E-state index contributed by atoms with van der Waals surface area (Å²) in [7, 11) is 0. The first-order chi connectivity index (χ1) is 20.8. The van der Waals surface area contributed by atoms with Gasteiger partial charge in [0.2, 0.25) is 0 Å². The van der Waals surface area contributed by atoms with Crippen LogP contribution >= 0.6 is 0 Å². The van der Waals surface area contributed by atoms with E-state index in [0.717, 1.165) is 60.3 Å². The molecule has 6 aromatic carbocycles. The minimum absolute atomic E-state index is 0.649. The maximum absolute atomic E-state index is 5.04. The lowest BCUT2D eigenvalue weighted by Gasteiger charge is -2.11. The Kier molecular flexibility index (Phi) is 5.75. The van der Waals surface area contributed by atoms with Crippen molar-refractivity contribution in [3.8, 4) is 45.3 Å². The first-order valence-electron chi connectivity index (χ1n) is 14.0. The van der Waals surface area contributed by atoms with Gasteiger partial charge in [0.05, 0.1) is 5.52 Å². The van der Waals surface area contributed by atoms with Crippen molar-refractivity contribution in [2.75, 3.05) is 0 Å². The maximum Gasteiger partial charge on any atom is 0.164 e. The van der Waals surface area contributed by atoms with Crippen LogP contribution in [0.15, 0.2) is 146 Å². The highest BCUT2D eigenvalue weighted by Gasteiger charge is 2.14. The molecule has 4 heteroatoms. The molecule has 0 saturated heterocycles. The molecular weight excluding hydrogens is 512 g/mol. The number of hydrogen-bond acceptors (Lipinski definition) is 4. The largest absolute Gasteiger partial charge is 0.256 e. The minimum Gasteiger partial charge on any atom is -0.256 e. The summed E-state index contributed by atoms with van der Waals surface area (Å²) in [5.41, 5.74) is 6.20. The van der Waals surface area contributed by atoms with Crippen LogP contribution in [0.3, 0.4) is 0 Å². The Morgan fingerprint density at radius 2 is 1.00 bits per heavy atom. The lowest BCUT2D eigenvalue weighted by atomic mass is 9.98. The molecule has 4 nitrogen and oxygen atoms in total. The topological polar surface area (TPSA) is 51.6 Å². The molecule has 2 heterocycles. The number of hydrogen-bond donors (Lipinski definition) is 0. The van der Waals surface area contributed by atoms with Crippen LogP contribution in [-0.2, 0) is 0 Å². The van der Waals surface area contributed by atoms with Gasteiger partial charge in [0.1, 0.15) is 0 Å². The van der Waals surface area contributed by atoms with E-state index in [1.807, 2.05) is 42.6 Å². The van der Waals surface area contributed by atoms with Crippen molar-refractivity contribution in [1.82, 2.24) is 19.9 Å². The second-order valence-electron chi connectivity index (χ2n) is 10.4. The van der Waals surface area contributed by atoms with Gasteiger partial charge in [-0.25, -0.2) is 15.0 Å². The average Bonchev–Trinajstić information content (AvgIpc) is 3.07. The minimum atomic E-state index is 0.649. The number of rotatable bonds is 4. The molecule has 0 aliphatic rings. The second kappa shape index (κ2) is 10.0. The normalized spacial score (nSPS) is 11.3. The van der Waals surface area contributed by atoms with Gasteiger partial charge in [-0.1, -0.05) is 109 Å². The third-order valence-electron chi connectivity index (χ3n) is 7.73. The zero-order chi connectivity index (χ0) is 27.9. The van der Waals surface area contributed by atoms with E-state index in [1.165, 1.54) is 0 Å². The fourth-order valence-electron chi connectivity index (χ4n) is 5.58. The van der Waals surface area contributed by atoms with Gasteiger partial charge < -0.3 is 0 Å². The highest BCUT2D eigenvalue weighted by Crippen LogP contribution is 2.32.